The first kappa shape index (κ1) is 18.3. The molecule has 0 aliphatic rings. The van der Waals surface area contributed by atoms with Crippen LogP contribution in [0.15, 0.2) is 18.2 Å². The van der Waals surface area contributed by atoms with Crippen LogP contribution in [-0.2, 0) is 6.42 Å². The van der Waals surface area contributed by atoms with Gasteiger partial charge in [-0.3, -0.25) is 0 Å². The molecule has 0 amide bonds. The smallest absolute Gasteiger partial charge is 0.0642 e. The van der Waals surface area contributed by atoms with Gasteiger partial charge in [-0.15, -0.1) is 0 Å². The Labute approximate surface area is 135 Å². The molecule has 1 aromatic carbocycles. The van der Waals surface area contributed by atoms with E-state index < -0.39 is 0 Å². The van der Waals surface area contributed by atoms with Gasteiger partial charge in [0.25, 0.3) is 0 Å². The standard InChI is InChI=1S/C17H30ClN3/c1-13(2)12-21(10-9-20(4)5)17-15(11-14(3)19)7-6-8-16(17)18/h6-8,13-14H,9-12,19H2,1-5H3. The summed E-state index contributed by atoms with van der Waals surface area (Å²) < 4.78 is 0. The minimum Gasteiger partial charge on any atom is -0.369 e. The van der Waals surface area contributed by atoms with E-state index in [4.69, 9.17) is 17.3 Å². The first-order valence-electron chi connectivity index (χ1n) is 7.74. The fraction of sp³-hybridized carbons (Fsp3) is 0.647. The summed E-state index contributed by atoms with van der Waals surface area (Å²) in [5, 5.41) is 0.826. The van der Waals surface area contributed by atoms with Gasteiger partial charge in [-0.25, -0.2) is 0 Å². The summed E-state index contributed by atoms with van der Waals surface area (Å²) in [6.45, 7) is 9.51. The molecule has 0 aliphatic carbocycles. The van der Waals surface area contributed by atoms with E-state index in [-0.39, 0.29) is 6.04 Å². The molecule has 4 heteroatoms. The molecule has 0 bridgehead atoms. The molecule has 1 aromatic rings. The van der Waals surface area contributed by atoms with E-state index in [1.807, 2.05) is 19.1 Å². The largest absolute Gasteiger partial charge is 0.369 e. The molecular weight excluding hydrogens is 282 g/mol. The molecule has 120 valence electrons. The minimum atomic E-state index is 0.136. The van der Waals surface area contributed by atoms with Crippen LogP contribution in [0.4, 0.5) is 5.69 Å². The summed E-state index contributed by atoms with van der Waals surface area (Å²) >= 11 is 6.51. The number of rotatable bonds is 8. The summed E-state index contributed by atoms with van der Waals surface area (Å²) in [6.07, 6.45) is 0.854. The van der Waals surface area contributed by atoms with Gasteiger partial charge in [-0.1, -0.05) is 37.6 Å². The van der Waals surface area contributed by atoms with Crippen molar-refractivity contribution in [3.63, 3.8) is 0 Å². The molecule has 2 N–H and O–H groups in total. The number of hydrogen-bond acceptors (Lipinski definition) is 3. The van der Waals surface area contributed by atoms with Crippen molar-refractivity contribution in [1.82, 2.24) is 4.90 Å². The van der Waals surface area contributed by atoms with E-state index in [1.54, 1.807) is 0 Å². The Bertz CT molecular complexity index is 430. The molecular formula is C17H30ClN3. The summed E-state index contributed by atoms with van der Waals surface area (Å²) in [7, 11) is 4.20. The molecule has 0 saturated heterocycles. The van der Waals surface area contributed by atoms with Crippen LogP contribution in [0.2, 0.25) is 5.02 Å². The van der Waals surface area contributed by atoms with Gasteiger partial charge >= 0.3 is 0 Å². The zero-order valence-electron chi connectivity index (χ0n) is 14.1. The van der Waals surface area contributed by atoms with Crippen LogP contribution in [-0.4, -0.2) is 44.7 Å². The number of halogens is 1. The normalized spacial score (nSPS) is 13.0. The second-order valence-electron chi connectivity index (χ2n) is 6.57. The zero-order valence-corrected chi connectivity index (χ0v) is 14.8. The van der Waals surface area contributed by atoms with Crippen molar-refractivity contribution in [3.05, 3.63) is 28.8 Å². The quantitative estimate of drug-likeness (QED) is 0.800. The molecule has 0 radical (unpaired) electrons. The number of nitrogens with two attached hydrogens (primary N) is 1. The van der Waals surface area contributed by atoms with Gasteiger partial charge in [-0.05, 0) is 45.0 Å². The van der Waals surface area contributed by atoms with Crippen LogP contribution in [0.1, 0.15) is 26.3 Å². The SMILES string of the molecule is CC(C)CN(CCN(C)C)c1c(Cl)cccc1CC(C)N. The Morgan fingerprint density at radius 2 is 1.81 bits per heavy atom. The topological polar surface area (TPSA) is 32.5 Å². The van der Waals surface area contributed by atoms with Gasteiger partial charge in [-0.2, -0.15) is 0 Å². The highest BCUT2D eigenvalue weighted by atomic mass is 35.5. The van der Waals surface area contributed by atoms with Crippen LogP contribution < -0.4 is 10.6 Å². The number of anilines is 1. The van der Waals surface area contributed by atoms with Gasteiger partial charge in [0.15, 0.2) is 0 Å². The van der Waals surface area contributed by atoms with Crippen LogP contribution >= 0.6 is 11.6 Å². The lowest BCUT2D eigenvalue weighted by Gasteiger charge is -2.31. The number of hydrogen-bond donors (Lipinski definition) is 1. The van der Waals surface area contributed by atoms with Crippen molar-refractivity contribution < 1.29 is 0 Å². The lowest BCUT2D eigenvalue weighted by molar-refractivity contribution is 0.409. The average Bonchev–Trinajstić information content (AvgIpc) is 2.34. The highest BCUT2D eigenvalue weighted by Gasteiger charge is 2.17. The highest BCUT2D eigenvalue weighted by molar-refractivity contribution is 6.33. The van der Waals surface area contributed by atoms with Crippen LogP contribution in [0.5, 0.6) is 0 Å². The molecule has 0 aromatic heterocycles. The zero-order chi connectivity index (χ0) is 16.0. The van der Waals surface area contributed by atoms with Crippen molar-refractivity contribution >= 4 is 17.3 Å². The van der Waals surface area contributed by atoms with Crippen LogP contribution in [0.25, 0.3) is 0 Å². The fourth-order valence-electron chi connectivity index (χ4n) is 2.48. The van der Waals surface area contributed by atoms with Crippen LogP contribution in [0.3, 0.4) is 0 Å². The van der Waals surface area contributed by atoms with E-state index in [9.17, 15) is 0 Å². The van der Waals surface area contributed by atoms with Crippen molar-refractivity contribution in [1.29, 1.82) is 0 Å². The molecule has 0 heterocycles. The molecule has 1 unspecified atom stereocenters. The van der Waals surface area contributed by atoms with Crippen molar-refractivity contribution in [3.8, 4) is 0 Å². The fourth-order valence-corrected chi connectivity index (χ4v) is 2.80. The molecule has 3 nitrogen and oxygen atoms in total. The second-order valence-corrected chi connectivity index (χ2v) is 6.98. The Hall–Kier alpha value is -0.770. The van der Waals surface area contributed by atoms with Gasteiger partial charge in [0.2, 0.25) is 0 Å². The number of likely N-dealkylation sites (N-methyl/N-ethyl adjacent to an activating group) is 1. The molecule has 1 atom stereocenters. The number of benzene rings is 1. The number of para-hydroxylation sites is 1. The van der Waals surface area contributed by atoms with E-state index in [1.165, 1.54) is 5.56 Å². The summed E-state index contributed by atoms with van der Waals surface area (Å²) in [4.78, 5) is 4.61. The predicted molar refractivity (Wildman–Crippen MR) is 94.4 cm³/mol. The molecule has 21 heavy (non-hydrogen) atoms. The van der Waals surface area contributed by atoms with Crippen molar-refractivity contribution in [2.75, 3.05) is 38.6 Å². The third-order valence-electron chi connectivity index (χ3n) is 3.33. The Morgan fingerprint density at radius 3 is 2.33 bits per heavy atom. The third kappa shape index (κ3) is 6.25. The Balaban J connectivity index is 3.08. The van der Waals surface area contributed by atoms with Crippen molar-refractivity contribution in [2.24, 2.45) is 11.7 Å². The maximum absolute atomic E-state index is 6.51. The van der Waals surface area contributed by atoms with Gasteiger partial charge < -0.3 is 15.5 Å². The van der Waals surface area contributed by atoms with Gasteiger partial charge in [0.1, 0.15) is 0 Å². The van der Waals surface area contributed by atoms with E-state index in [0.717, 1.165) is 36.8 Å². The summed E-state index contributed by atoms with van der Waals surface area (Å²) in [6, 6.07) is 6.28. The Morgan fingerprint density at radius 1 is 1.14 bits per heavy atom. The second kappa shape index (κ2) is 8.62. The number of nitrogens with zero attached hydrogens (tertiary/aromatic N) is 2. The molecule has 0 fully saturated rings. The first-order chi connectivity index (χ1) is 9.81. The lowest BCUT2D eigenvalue weighted by atomic mass is 10.0. The van der Waals surface area contributed by atoms with E-state index in [2.05, 4.69) is 43.8 Å². The van der Waals surface area contributed by atoms with Gasteiger partial charge in [0, 0.05) is 25.7 Å². The summed E-state index contributed by atoms with van der Waals surface area (Å²) in [5.41, 5.74) is 8.40. The molecule has 0 saturated carbocycles. The van der Waals surface area contributed by atoms with E-state index in [0.29, 0.717) is 5.92 Å². The third-order valence-corrected chi connectivity index (χ3v) is 3.64. The predicted octanol–water partition coefficient (Wildman–Crippen LogP) is 3.25. The molecule has 0 spiro atoms. The monoisotopic (exact) mass is 311 g/mol. The maximum Gasteiger partial charge on any atom is 0.0642 e. The first-order valence-corrected chi connectivity index (χ1v) is 8.11. The minimum absolute atomic E-state index is 0.136. The van der Waals surface area contributed by atoms with Gasteiger partial charge in [0.05, 0.1) is 10.7 Å². The van der Waals surface area contributed by atoms with E-state index >= 15 is 0 Å². The Kier molecular flexibility index (Phi) is 7.50. The van der Waals surface area contributed by atoms with Crippen molar-refractivity contribution in [2.45, 2.75) is 33.2 Å². The molecule has 0 aliphatic heterocycles. The summed E-state index contributed by atoms with van der Waals surface area (Å²) in [5.74, 6) is 0.589. The highest BCUT2D eigenvalue weighted by Crippen LogP contribution is 2.31. The molecule has 1 rings (SSSR count). The maximum atomic E-state index is 6.51. The average molecular weight is 312 g/mol. The lowest BCUT2D eigenvalue weighted by Crippen LogP contribution is -2.35. The van der Waals surface area contributed by atoms with Crippen LogP contribution in [0, 0.1) is 5.92 Å².